The summed E-state index contributed by atoms with van der Waals surface area (Å²) in [7, 11) is 0. The topological polar surface area (TPSA) is 54.9 Å². The monoisotopic (exact) mass is 381 g/mol. The van der Waals surface area contributed by atoms with Crippen molar-refractivity contribution in [3.63, 3.8) is 0 Å². The fourth-order valence-corrected chi connectivity index (χ4v) is 3.78. The van der Waals surface area contributed by atoms with Crippen LogP contribution in [0.25, 0.3) is 0 Å². The van der Waals surface area contributed by atoms with Crippen molar-refractivity contribution < 1.29 is 18.0 Å². The van der Waals surface area contributed by atoms with Gasteiger partial charge in [0, 0.05) is 5.69 Å². The predicted octanol–water partition coefficient (Wildman–Crippen LogP) is 4.64. The normalized spacial score (nSPS) is 13.0. The number of aromatic nitrogens is 2. The summed E-state index contributed by atoms with van der Waals surface area (Å²) in [5, 5.41) is 9.99. The first-order chi connectivity index (χ1) is 10.7. The molecule has 0 fully saturated rings. The van der Waals surface area contributed by atoms with Crippen LogP contribution in [-0.2, 0) is 11.0 Å². The third kappa shape index (κ3) is 4.82. The third-order valence-electron chi connectivity index (χ3n) is 2.69. The summed E-state index contributed by atoms with van der Waals surface area (Å²) < 4.78 is 39.0. The molecule has 0 saturated carbocycles. The van der Waals surface area contributed by atoms with Crippen LogP contribution in [0.2, 0.25) is 5.02 Å². The van der Waals surface area contributed by atoms with Crippen molar-refractivity contribution >= 4 is 46.3 Å². The van der Waals surface area contributed by atoms with Gasteiger partial charge in [-0.15, -0.1) is 10.2 Å². The SMILES string of the molecule is Cc1nnc(SC(C)C(=O)Nc2ccc(Cl)c(C(F)(F)F)c2)s1. The van der Waals surface area contributed by atoms with Gasteiger partial charge in [-0.05, 0) is 32.0 Å². The standard InChI is InChI=1S/C13H11ClF3N3OS2/c1-6(22-12-20-19-7(2)23-12)11(21)18-8-3-4-10(14)9(5-8)13(15,16)17/h3-6H,1-2H3,(H,18,21). The van der Waals surface area contributed by atoms with E-state index in [0.717, 1.165) is 17.1 Å². The van der Waals surface area contributed by atoms with Crippen molar-refractivity contribution in [3.8, 4) is 0 Å². The second kappa shape index (κ2) is 7.06. The Hall–Kier alpha value is -1.32. The number of benzene rings is 1. The summed E-state index contributed by atoms with van der Waals surface area (Å²) in [6.45, 7) is 3.43. The molecule has 1 aromatic heterocycles. The van der Waals surface area contributed by atoms with E-state index in [1.165, 1.54) is 29.2 Å². The first-order valence-corrected chi connectivity index (χ1v) is 8.38. The number of alkyl halides is 3. The summed E-state index contributed by atoms with van der Waals surface area (Å²) in [4.78, 5) is 12.1. The van der Waals surface area contributed by atoms with Crippen molar-refractivity contribution in [3.05, 3.63) is 33.8 Å². The van der Waals surface area contributed by atoms with Crippen molar-refractivity contribution in [2.75, 3.05) is 5.32 Å². The Balaban J connectivity index is 2.08. The number of anilines is 1. The van der Waals surface area contributed by atoms with Gasteiger partial charge in [-0.1, -0.05) is 34.7 Å². The number of hydrogen-bond donors (Lipinski definition) is 1. The molecule has 0 radical (unpaired) electrons. The molecule has 1 N–H and O–H groups in total. The van der Waals surface area contributed by atoms with Gasteiger partial charge in [-0.3, -0.25) is 4.79 Å². The van der Waals surface area contributed by atoms with Gasteiger partial charge in [-0.2, -0.15) is 13.2 Å². The van der Waals surface area contributed by atoms with Gasteiger partial charge in [0.2, 0.25) is 5.91 Å². The van der Waals surface area contributed by atoms with Crippen LogP contribution < -0.4 is 5.32 Å². The molecule has 1 heterocycles. The van der Waals surface area contributed by atoms with Gasteiger partial charge < -0.3 is 5.32 Å². The van der Waals surface area contributed by atoms with Crippen LogP contribution in [0.1, 0.15) is 17.5 Å². The Labute approximate surface area is 143 Å². The second-order valence-corrected chi connectivity index (χ2v) is 7.71. The average molecular weight is 382 g/mol. The number of thioether (sulfide) groups is 1. The number of hydrogen-bond acceptors (Lipinski definition) is 5. The molecule has 0 bridgehead atoms. The van der Waals surface area contributed by atoms with E-state index in [4.69, 9.17) is 11.6 Å². The fourth-order valence-electron chi connectivity index (χ4n) is 1.59. The van der Waals surface area contributed by atoms with Gasteiger partial charge in [0.25, 0.3) is 0 Å². The number of aryl methyl sites for hydroxylation is 1. The van der Waals surface area contributed by atoms with Crippen molar-refractivity contribution in [1.29, 1.82) is 0 Å². The maximum atomic E-state index is 12.8. The summed E-state index contributed by atoms with van der Waals surface area (Å²) in [5.41, 5.74) is -0.954. The number of nitrogens with zero attached hydrogens (tertiary/aromatic N) is 2. The zero-order valence-electron chi connectivity index (χ0n) is 11.9. The number of nitrogens with one attached hydrogen (secondary N) is 1. The van der Waals surface area contributed by atoms with Crippen LogP contribution >= 0.6 is 34.7 Å². The minimum absolute atomic E-state index is 0.0348. The highest BCUT2D eigenvalue weighted by molar-refractivity contribution is 8.02. The van der Waals surface area contributed by atoms with Crippen LogP contribution in [0.15, 0.2) is 22.5 Å². The van der Waals surface area contributed by atoms with Crippen LogP contribution in [0, 0.1) is 6.92 Å². The maximum Gasteiger partial charge on any atom is 0.417 e. The van der Waals surface area contributed by atoms with Crippen molar-refractivity contribution in [1.82, 2.24) is 10.2 Å². The Kier molecular flexibility index (Phi) is 5.53. The maximum absolute atomic E-state index is 12.8. The predicted molar refractivity (Wildman–Crippen MR) is 85.0 cm³/mol. The van der Waals surface area contributed by atoms with Crippen LogP contribution in [0.4, 0.5) is 18.9 Å². The second-order valence-electron chi connectivity index (χ2n) is 4.53. The zero-order chi connectivity index (χ0) is 17.2. The van der Waals surface area contributed by atoms with E-state index in [2.05, 4.69) is 15.5 Å². The Morgan fingerprint density at radius 3 is 2.65 bits per heavy atom. The molecular formula is C13H11ClF3N3OS2. The molecule has 0 spiro atoms. The molecule has 1 amide bonds. The lowest BCUT2D eigenvalue weighted by Gasteiger charge is -2.13. The van der Waals surface area contributed by atoms with Crippen molar-refractivity contribution in [2.24, 2.45) is 0 Å². The molecule has 4 nitrogen and oxygen atoms in total. The lowest BCUT2D eigenvalue weighted by molar-refractivity contribution is -0.137. The summed E-state index contributed by atoms with van der Waals surface area (Å²) >= 11 is 8.07. The van der Waals surface area contributed by atoms with E-state index in [-0.39, 0.29) is 5.69 Å². The van der Waals surface area contributed by atoms with Crippen LogP contribution in [0.5, 0.6) is 0 Å². The third-order valence-corrected chi connectivity index (χ3v) is 5.05. The summed E-state index contributed by atoms with van der Waals surface area (Å²) in [5.74, 6) is -0.432. The van der Waals surface area contributed by atoms with Gasteiger partial charge in [0.1, 0.15) is 5.01 Å². The van der Waals surface area contributed by atoms with E-state index in [1.807, 2.05) is 0 Å². The average Bonchev–Trinajstić information content (AvgIpc) is 2.85. The minimum Gasteiger partial charge on any atom is -0.325 e. The zero-order valence-corrected chi connectivity index (χ0v) is 14.3. The van der Waals surface area contributed by atoms with Crippen molar-refractivity contribution in [2.45, 2.75) is 29.6 Å². The lowest BCUT2D eigenvalue weighted by Crippen LogP contribution is -2.22. The Morgan fingerprint density at radius 2 is 2.09 bits per heavy atom. The molecule has 0 aliphatic carbocycles. The minimum atomic E-state index is -4.58. The highest BCUT2D eigenvalue weighted by atomic mass is 35.5. The van der Waals surface area contributed by atoms with Crippen LogP contribution in [-0.4, -0.2) is 21.4 Å². The number of amides is 1. The first kappa shape index (κ1) is 18.0. The molecular weight excluding hydrogens is 371 g/mol. The Bertz CT molecular complexity index is 721. The van der Waals surface area contributed by atoms with E-state index in [1.54, 1.807) is 13.8 Å². The van der Waals surface area contributed by atoms with E-state index < -0.39 is 27.9 Å². The van der Waals surface area contributed by atoms with Gasteiger partial charge >= 0.3 is 6.18 Å². The molecule has 0 saturated heterocycles. The molecule has 1 atom stereocenters. The molecule has 124 valence electrons. The molecule has 0 aliphatic heterocycles. The van der Waals surface area contributed by atoms with E-state index in [0.29, 0.717) is 4.34 Å². The molecule has 10 heteroatoms. The summed E-state index contributed by atoms with van der Waals surface area (Å²) in [6.07, 6.45) is -4.58. The highest BCUT2D eigenvalue weighted by Gasteiger charge is 2.33. The molecule has 23 heavy (non-hydrogen) atoms. The Morgan fingerprint density at radius 1 is 1.39 bits per heavy atom. The number of halogens is 4. The molecule has 2 rings (SSSR count). The molecule has 1 unspecified atom stereocenters. The van der Waals surface area contributed by atoms with Gasteiger partial charge in [0.05, 0.1) is 15.8 Å². The van der Waals surface area contributed by atoms with E-state index in [9.17, 15) is 18.0 Å². The first-order valence-electron chi connectivity index (χ1n) is 6.31. The molecule has 2 aromatic rings. The quantitative estimate of drug-likeness (QED) is 0.784. The highest BCUT2D eigenvalue weighted by Crippen LogP contribution is 2.36. The summed E-state index contributed by atoms with van der Waals surface area (Å²) in [6, 6.07) is 3.24. The molecule has 1 aromatic carbocycles. The molecule has 0 aliphatic rings. The van der Waals surface area contributed by atoms with Crippen LogP contribution in [0.3, 0.4) is 0 Å². The van der Waals surface area contributed by atoms with E-state index >= 15 is 0 Å². The largest absolute Gasteiger partial charge is 0.417 e. The lowest BCUT2D eigenvalue weighted by atomic mass is 10.2. The van der Waals surface area contributed by atoms with Gasteiger partial charge in [0.15, 0.2) is 4.34 Å². The fraction of sp³-hybridized carbons (Fsp3) is 0.308. The van der Waals surface area contributed by atoms with Gasteiger partial charge in [-0.25, -0.2) is 0 Å². The number of carbonyl (C=O) groups excluding carboxylic acids is 1. The number of rotatable bonds is 4. The smallest absolute Gasteiger partial charge is 0.325 e. The number of carbonyl (C=O) groups is 1.